The van der Waals surface area contributed by atoms with Crippen molar-refractivity contribution < 1.29 is 9.13 Å². The van der Waals surface area contributed by atoms with Crippen molar-refractivity contribution in [2.45, 2.75) is 97.3 Å². The van der Waals surface area contributed by atoms with Gasteiger partial charge in [-0.05, 0) is 55.4 Å². The standard InChI is InChI=1S/C28H41FN2O/c1-3-5-7-8-20-32-25-17-18-26(27(29)21-25)28-19-16-24(30-31-28)15-14-23-12-10-22(11-13-23)9-6-4-2/h16-19,21-23H,3-15,20H2,1-2H3. The molecule has 0 unspecified atom stereocenters. The van der Waals surface area contributed by atoms with Crippen LogP contribution in [0.3, 0.4) is 0 Å². The van der Waals surface area contributed by atoms with E-state index in [1.165, 1.54) is 70.3 Å². The van der Waals surface area contributed by atoms with Crippen molar-refractivity contribution in [1.82, 2.24) is 10.2 Å². The average molecular weight is 441 g/mol. The molecule has 1 saturated carbocycles. The third-order valence-corrected chi connectivity index (χ3v) is 6.94. The van der Waals surface area contributed by atoms with Crippen LogP contribution in [0.25, 0.3) is 11.3 Å². The number of nitrogens with zero attached hydrogens (tertiary/aromatic N) is 2. The number of rotatable bonds is 13. The molecule has 0 amide bonds. The highest BCUT2D eigenvalue weighted by Gasteiger charge is 2.20. The zero-order chi connectivity index (χ0) is 22.6. The smallest absolute Gasteiger partial charge is 0.136 e. The Balaban J connectivity index is 1.45. The lowest BCUT2D eigenvalue weighted by molar-refractivity contribution is 0.249. The summed E-state index contributed by atoms with van der Waals surface area (Å²) in [5, 5.41) is 8.70. The van der Waals surface area contributed by atoms with Crippen LogP contribution in [0.5, 0.6) is 5.75 Å². The molecule has 3 nitrogen and oxygen atoms in total. The van der Waals surface area contributed by atoms with Gasteiger partial charge in [0.15, 0.2) is 0 Å². The predicted octanol–water partition coefficient (Wildman–Crippen LogP) is 8.17. The van der Waals surface area contributed by atoms with Gasteiger partial charge in [0.05, 0.1) is 18.0 Å². The van der Waals surface area contributed by atoms with Crippen LogP contribution in [0, 0.1) is 17.7 Å². The zero-order valence-corrected chi connectivity index (χ0v) is 20.1. The average Bonchev–Trinajstić information content (AvgIpc) is 2.82. The van der Waals surface area contributed by atoms with E-state index in [4.69, 9.17) is 4.74 Å². The minimum absolute atomic E-state index is 0.307. The molecule has 2 aromatic rings. The van der Waals surface area contributed by atoms with Gasteiger partial charge in [-0.2, -0.15) is 10.2 Å². The fraction of sp³-hybridized carbons (Fsp3) is 0.643. The number of benzene rings is 1. The minimum atomic E-state index is -0.307. The second-order valence-corrected chi connectivity index (χ2v) is 9.53. The molecule has 1 aliphatic rings. The molecule has 32 heavy (non-hydrogen) atoms. The maximum absolute atomic E-state index is 14.6. The van der Waals surface area contributed by atoms with Crippen LogP contribution in [0.15, 0.2) is 30.3 Å². The Morgan fingerprint density at radius 3 is 2.25 bits per heavy atom. The van der Waals surface area contributed by atoms with Gasteiger partial charge in [-0.15, -0.1) is 0 Å². The summed E-state index contributed by atoms with van der Waals surface area (Å²) in [5.74, 6) is 2.05. The van der Waals surface area contributed by atoms with Crippen LogP contribution in [-0.4, -0.2) is 16.8 Å². The summed E-state index contributed by atoms with van der Waals surface area (Å²) >= 11 is 0. The van der Waals surface area contributed by atoms with E-state index in [0.717, 1.165) is 36.8 Å². The monoisotopic (exact) mass is 440 g/mol. The zero-order valence-electron chi connectivity index (χ0n) is 20.1. The molecular formula is C28H41FN2O. The van der Waals surface area contributed by atoms with E-state index in [9.17, 15) is 4.39 Å². The van der Waals surface area contributed by atoms with Gasteiger partial charge in [0.2, 0.25) is 0 Å². The first-order valence-electron chi connectivity index (χ1n) is 12.9. The van der Waals surface area contributed by atoms with Gasteiger partial charge >= 0.3 is 0 Å². The third kappa shape index (κ3) is 7.86. The molecule has 0 radical (unpaired) electrons. The molecule has 0 saturated heterocycles. The summed E-state index contributed by atoms with van der Waals surface area (Å²) < 4.78 is 20.3. The van der Waals surface area contributed by atoms with Crippen molar-refractivity contribution in [3.63, 3.8) is 0 Å². The second kappa shape index (κ2) is 13.5. The van der Waals surface area contributed by atoms with Crippen LogP contribution in [0.1, 0.15) is 96.6 Å². The minimum Gasteiger partial charge on any atom is -0.493 e. The van der Waals surface area contributed by atoms with Gasteiger partial charge in [0.1, 0.15) is 11.6 Å². The first kappa shape index (κ1) is 24.7. The summed E-state index contributed by atoms with van der Waals surface area (Å²) in [6.07, 6.45) is 16.3. The molecule has 1 aromatic heterocycles. The normalized spacial score (nSPS) is 18.6. The van der Waals surface area contributed by atoms with Gasteiger partial charge < -0.3 is 4.74 Å². The van der Waals surface area contributed by atoms with Crippen molar-refractivity contribution in [3.8, 4) is 17.0 Å². The molecule has 0 bridgehead atoms. The molecule has 1 aromatic carbocycles. The SMILES string of the molecule is CCCCCCOc1ccc(-c2ccc(CCC3CCC(CCCC)CC3)nn2)c(F)c1. The number of hydrogen-bond donors (Lipinski definition) is 0. The molecule has 1 aliphatic carbocycles. The summed E-state index contributed by atoms with van der Waals surface area (Å²) in [6, 6.07) is 8.93. The Morgan fingerprint density at radius 2 is 1.59 bits per heavy atom. The van der Waals surface area contributed by atoms with Crippen molar-refractivity contribution in [1.29, 1.82) is 0 Å². The van der Waals surface area contributed by atoms with E-state index in [1.54, 1.807) is 6.07 Å². The molecular weight excluding hydrogens is 399 g/mol. The van der Waals surface area contributed by atoms with Crippen molar-refractivity contribution in [2.75, 3.05) is 6.61 Å². The van der Waals surface area contributed by atoms with Crippen LogP contribution in [-0.2, 0) is 6.42 Å². The van der Waals surface area contributed by atoms with Gasteiger partial charge in [0.25, 0.3) is 0 Å². The largest absolute Gasteiger partial charge is 0.493 e. The van der Waals surface area contributed by atoms with E-state index in [-0.39, 0.29) is 5.82 Å². The maximum Gasteiger partial charge on any atom is 0.136 e. The molecule has 176 valence electrons. The lowest BCUT2D eigenvalue weighted by Gasteiger charge is -2.28. The van der Waals surface area contributed by atoms with Crippen molar-refractivity contribution in [3.05, 3.63) is 41.8 Å². The number of ether oxygens (including phenoxy) is 1. The quantitative estimate of drug-likeness (QED) is 0.295. The Bertz CT molecular complexity index is 785. The Kier molecular flexibility index (Phi) is 10.4. The van der Waals surface area contributed by atoms with E-state index >= 15 is 0 Å². The molecule has 3 rings (SSSR count). The van der Waals surface area contributed by atoms with Gasteiger partial charge in [0, 0.05) is 11.6 Å². The summed E-state index contributed by atoms with van der Waals surface area (Å²) in [7, 11) is 0. The molecule has 0 N–H and O–H groups in total. The van der Waals surface area contributed by atoms with Crippen molar-refractivity contribution >= 4 is 0 Å². The molecule has 1 fully saturated rings. The molecule has 1 heterocycles. The topological polar surface area (TPSA) is 35.0 Å². The summed E-state index contributed by atoms with van der Waals surface area (Å²) in [6.45, 7) is 5.10. The van der Waals surface area contributed by atoms with Crippen LogP contribution >= 0.6 is 0 Å². The second-order valence-electron chi connectivity index (χ2n) is 9.53. The molecule has 0 aliphatic heterocycles. The van der Waals surface area contributed by atoms with Crippen LogP contribution < -0.4 is 4.74 Å². The highest BCUT2D eigenvalue weighted by Crippen LogP contribution is 2.34. The van der Waals surface area contributed by atoms with Gasteiger partial charge in [-0.3, -0.25) is 0 Å². The number of halogens is 1. The lowest BCUT2D eigenvalue weighted by Crippen LogP contribution is -2.15. The van der Waals surface area contributed by atoms with E-state index < -0.39 is 0 Å². The maximum atomic E-state index is 14.6. The number of hydrogen-bond acceptors (Lipinski definition) is 3. The van der Waals surface area contributed by atoms with E-state index in [2.05, 4.69) is 24.0 Å². The number of aryl methyl sites for hydroxylation is 1. The molecule has 0 spiro atoms. The number of unbranched alkanes of at least 4 members (excludes halogenated alkanes) is 4. The Morgan fingerprint density at radius 1 is 0.844 bits per heavy atom. The predicted molar refractivity (Wildman–Crippen MR) is 130 cm³/mol. The highest BCUT2D eigenvalue weighted by atomic mass is 19.1. The first-order chi connectivity index (χ1) is 15.7. The highest BCUT2D eigenvalue weighted by molar-refractivity contribution is 5.60. The molecule has 0 atom stereocenters. The first-order valence-corrected chi connectivity index (χ1v) is 12.9. The van der Waals surface area contributed by atoms with Gasteiger partial charge in [-0.1, -0.05) is 78.1 Å². The van der Waals surface area contributed by atoms with E-state index in [1.807, 2.05) is 18.2 Å². The number of aromatic nitrogens is 2. The van der Waals surface area contributed by atoms with Crippen LogP contribution in [0.2, 0.25) is 0 Å². The lowest BCUT2D eigenvalue weighted by atomic mass is 9.78. The third-order valence-electron chi connectivity index (χ3n) is 6.94. The Labute approximate surface area is 194 Å². The van der Waals surface area contributed by atoms with E-state index in [0.29, 0.717) is 23.6 Å². The van der Waals surface area contributed by atoms with Gasteiger partial charge in [-0.25, -0.2) is 4.39 Å². The summed E-state index contributed by atoms with van der Waals surface area (Å²) in [4.78, 5) is 0. The fourth-order valence-electron chi connectivity index (χ4n) is 4.80. The molecule has 4 heteroatoms. The fourth-order valence-corrected chi connectivity index (χ4v) is 4.80. The Hall–Kier alpha value is -1.97. The van der Waals surface area contributed by atoms with Crippen molar-refractivity contribution in [2.24, 2.45) is 11.8 Å². The summed E-state index contributed by atoms with van der Waals surface area (Å²) in [5.41, 5.74) is 2.07. The van der Waals surface area contributed by atoms with Crippen LogP contribution in [0.4, 0.5) is 4.39 Å².